The number of hydrogen-bond donors (Lipinski definition) is 3. The smallest absolute Gasteiger partial charge is 0.151 e. The monoisotopic (exact) mass is 388 g/mol. The fraction of sp³-hybridized carbons (Fsp3) is 0.500. The highest BCUT2D eigenvalue weighted by atomic mass is 16.5. The van der Waals surface area contributed by atoms with Gasteiger partial charge in [0.15, 0.2) is 5.82 Å². The van der Waals surface area contributed by atoms with Gasteiger partial charge in [0.2, 0.25) is 0 Å². The van der Waals surface area contributed by atoms with Crippen LogP contribution < -0.4 is 15.4 Å². The molecule has 2 aromatic rings. The lowest BCUT2D eigenvalue weighted by Crippen LogP contribution is -2.55. The number of anilines is 2. The van der Waals surface area contributed by atoms with Crippen LogP contribution in [0.4, 0.5) is 11.5 Å². The first-order valence-electron chi connectivity index (χ1n) is 9.52. The van der Waals surface area contributed by atoms with Crippen LogP contribution in [0.5, 0.6) is 5.75 Å². The maximum absolute atomic E-state index is 8.54. The number of nitrogen functional groups attached to an aromatic ring is 1. The summed E-state index contributed by atoms with van der Waals surface area (Å²) in [6.07, 6.45) is 0. The van der Waals surface area contributed by atoms with Gasteiger partial charge in [0.05, 0.1) is 25.1 Å². The number of benzene rings is 1. The van der Waals surface area contributed by atoms with Gasteiger partial charge in [-0.3, -0.25) is 15.4 Å². The first-order chi connectivity index (χ1) is 13.4. The molecule has 0 bridgehead atoms. The summed E-state index contributed by atoms with van der Waals surface area (Å²) in [7, 11) is 3.34. The van der Waals surface area contributed by atoms with Crippen LogP contribution in [0.1, 0.15) is 26.5 Å². The van der Waals surface area contributed by atoms with Crippen molar-refractivity contribution in [2.24, 2.45) is 0 Å². The molecule has 1 aliphatic rings. The zero-order chi connectivity index (χ0) is 20.3. The van der Waals surface area contributed by atoms with Crippen molar-refractivity contribution in [1.29, 1.82) is 5.41 Å². The number of nitrogens with zero attached hydrogens (tertiary/aromatic N) is 3. The number of methoxy groups -OCH3 is 2. The lowest BCUT2D eigenvalue weighted by Gasteiger charge is -2.42. The molecule has 0 spiro atoms. The summed E-state index contributed by atoms with van der Waals surface area (Å²) in [6, 6.07) is 8.02. The Morgan fingerprint density at radius 1 is 1.39 bits per heavy atom. The quantitative estimate of drug-likeness (QED) is 0.496. The number of rotatable bonds is 7. The number of nitrogens with two attached hydrogens (primary N) is 1. The molecule has 2 heterocycles. The van der Waals surface area contributed by atoms with Gasteiger partial charge >= 0.3 is 0 Å². The van der Waals surface area contributed by atoms with E-state index in [1.54, 1.807) is 32.4 Å². The Kier molecular flexibility index (Phi) is 6.21. The molecule has 3 rings (SSSR count). The number of H-pyrrole nitrogens is 1. The van der Waals surface area contributed by atoms with Crippen LogP contribution in [0.2, 0.25) is 0 Å². The molecule has 1 aromatic carbocycles. The zero-order valence-corrected chi connectivity index (χ0v) is 17.0. The van der Waals surface area contributed by atoms with Crippen molar-refractivity contribution < 1.29 is 10.9 Å². The minimum Gasteiger partial charge on any atom is -0.497 e. The third kappa shape index (κ3) is 4.13. The summed E-state index contributed by atoms with van der Waals surface area (Å²) < 4.78 is 10.6. The van der Waals surface area contributed by atoms with Crippen LogP contribution in [0.15, 0.2) is 24.3 Å². The van der Waals surface area contributed by atoms with Gasteiger partial charge in [0.1, 0.15) is 5.75 Å². The van der Waals surface area contributed by atoms with Crippen LogP contribution in [0.3, 0.4) is 0 Å². The molecule has 8 nitrogen and oxygen atoms in total. The molecule has 4 N–H and O–H groups in total. The molecule has 28 heavy (non-hydrogen) atoms. The summed E-state index contributed by atoms with van der Waals surface area (Å²) in [5.74, 6) is 1.52. The fourth-order valence-electron chi connectivity index (χ4n) is 3.80. The highest BCUT2D eigenvalue weighted by molar-refractivity contribution is 6.13. The highest BCUT2D eigenvalue weighted by Crippen LogP contribution is 2.24. The first-order valence-corrected chi connectivity index (χ1v) is 9.52. The SMILES string of the molecule is COCC(C)N1CCN(c2cc(C(=N)c3cc(OC)ccc3N)[nH]n2)C[C@@H]1C.[HH]. The molecule has 1 saturated heterocycles. The van der Waals surface area contributed by atoms with Crippen LogP contribution in [0, 0.1) is 5.41 Å². The van der Waals surface area contributed by atoms with Crippen molar-refractivity contribution in [2.45, 2.75) is 25.9 Å². The van der Waals surface area contributed by atoms with E-state index >= 15 is 0 Å². The molecule has 0 radical (unpaired) electrons. The lowest BCUT2D eigenvalue weighted by molar-refractivity contribution is 0.0678. The summed E-state index contributed by atoms with van der Waals surface area (Å²) in [4.78, 5) is 4.72. The van der Waals surface area contributed by atoms with Gasteiger partial charge in [0.25, 0.3) is 0 Å². The van der Waals surface area contributed by atoms with E-state index in [2.05, 4.69) is 33.8 Å². The number of nitrogens with one attached hydrogen (secondary N) is 2. The van der Waals surface area contributed by atoms with E-state index < -0.39 is 0 Å². The molecular weight excluding hydrogens is 356 g/mol. The van der Waals surface area contributed by atoms with E-state index in [0.717, 1.165) is 32.1 Å². The Hall–Kier alpha value is -2.58. The molecule has 0 amide bonds. The summed E-state index contributed by atoms with van der Waals surface area (Å²) in [5, 5.41) is 16.0. The van der Waals surface area contributed by atoms with Gasteiger partial charge in [0, 0.05) is 57.6 Å². The Labute approximate surface area is 167 Å². The Morgan fingerprint density at radius 3 is 2.86 bits per heavy atom. The Morgan fingerprint density at radius 2 is 2.18 bits per heavy atom. The maximum atomic E-state index is 8.54. The van der Waals surface area contributed by atoms with E-state index in [1.165, 1.54) is 0 Å². The number of aromatic nitrogens is 2. The van der Waals surface area contributed by atoms with Gasteiger partial charge in [-0.05, 0) is 32.0 Å². The van der Waals surface area contributed by atoms with Gasteiger partial charge in [-0.1, -0.05) is 0 Å². The van der Waals surface area contributed by atoms with Crippen molar-refractivity contribution >= 4 is 17.2 Å². The predicted octanol–water partition coefficient (Wildman–Crippen LogP) is 2.21. The van der Waals surface area contributed by atoms with Crippen molar-refractivity contribution in [1.82, 2.24) is 15.1 Å². The second-order valence-electron chi connectivity index (χ2n) is 7.31. The third-order valence-electron chi connectivity index (χ3n) is 5.34. The number of ether oxygens (including phenoxy) is 2. The molecule has 1 fully saturated rings. The normalized spacial score (nSPS) is 18.9. The number of piperazine rings is 1. The van der Waals surface area contributed by atoms with Crippen LogP contribution in [-0.4, -0.2) is 73.4 Å². The first kappa shape index (κ1) is 20.2. The van der Waals surface area contributed by atoms with E-state index in [9.17, 15) is 0 Å². The third-order valence-corrected chi connectivity index (χ3v) is 5.34. The van der Waals surface area contributed by atoms with Gasteiger partial charge in [-0.25, -0.2) is 0 Å². The largest absolute Gasteiger partial charge is 0.497 e. The lowest BCUT2D eigenvalue weighted by atomic mass is 10.0. The second kappa shape index (κ2) is 8.62. The molecule has 2 atom stereocenters. The Balaban J connectivity index is 0.00000300. The zero-order valence-electron chi connectivity index (χ0n) is 17.0. The molecule has 0 saturated carbocycles. The van der Waals surface area contributed by atoms with Gasteiger partial charge in [-0.2, -0.15) is 5.10 Å². The highest BCUT2D eigenvalue weighted by Gasteiger charge is 2.28. The topological polar surface area (TPSA) is 103 Å². The molecule has 1 aliphatic heterocycles. The molecule has 154 valence electrons. The van der Waals surface area contributed by atoms with Gasteiger partial charge in [-0.15, -0.1) is 0 Å². The molecule has 1 unspecified atom stereocenters. The van der Waals surface area contributed by atoms with E-state index in [0.29, 0.717) is 40.5 Å². The van der Waals surface area contributed by atoms with E-state index in [4.69, 9.17) is 20.6 Å². The average Bonchev–Trinajstić information content (AvgIpc) is 3.18. The summed E-state index contributed by atoms with van der Waals surface area (Å²) >= 11 is 0. The minimum absolute atomic E-state index is 0. The van der Waals surface area contributed by atoms with Crippen LogP contribution >= 0.6 is 0 Å². The van der Waals surface area contributed by atoms with Crippen molar-refractivity contribution in [3.8, 4) is 5.75 Å². The minimum atomic E-state index is 0. The number of aromatic amines is 1. The predicted molar refractivity (Wildman–Crippen MR) is 114 cm³/mol. The molecule has 0 aliphatic carbocycles. The van der Waals surface area contributed by atoms with Crippen molar-refractivity contribution in [3.05, 3.63) is 35.5 Å². The molecule has 1 aromatic heterocycles. The van der Waals surface area contributed by atoms with Crippen molar-refractivity contribution in [3.63, 3.8) is 0 Å². The average molecular weight is 389 g/mol. The maximum Gasteiger partial charge on any atom is 0.151 e. The standard InChI is InChI=1S/C20H30N6O2.H2/c1-13-11-25(7-8-26(13)14(2)12-27-3)19-10-18(23-24-19)20(22)16-9-15(28-4)5-6-17(16)21;/h5-6,9-10,13-14,22H,7-8,11-12,21H2,1-4H3,(H,23,24);1H/t13-,14?;/m0./s1. The fourth-order valence-corrected chi connectivity index (χ4v) is 3.80. The summed E-state index contributed by atoms with van der Waals surface area (Å²) in [5.41, 5.74) is 8.16. The Bertz CT molecular complexity index is 827. The van der Waals surface area contributed by atoms with E-state index in [1.807, 2.05) is 6.07 Å². The molecular formula is C20H32N6O2. The van der Waals surface area contributed by atoms with Gasteiger partial charge < -0.3 is 20.1 Å². The number of hydrogen-bond acceptors (Lipinski definition) is 7. The van der Waals surface area contributed by atoms with E-state index in [-0.39, 0.29) is 1.43 Å². The molecule has 8 heteroatoms. The second-order valence-corrected chi connectivity index (χ2v) is 7.31. The van der Waals surface area contributed by atoms with Crippen LogP contribution in [0.25, 0.3) is 0 Å². The van der Waals surface area contributed by atoms with Crippen LogP contribution in [-0.2, 0) is 4.74 Å². The van der Waals surface area contributed by atoms with Crippen molar-refractivity contribution in [2.75, 3.05) is 51.1 Å². The summed E-state index contributed by atoms with van der Waals surface area (Å²) in [6.45, 7) is 7.88.